The molecule has 2 rings (SSSR count). The van der Waals surface area contributed by atoms with Crippen molar-refractivity contribution in [3.05, 3.63) is 35.4 Å². The number of hydrogen-bond acceptors (Lipinski definition) is 2. The molecule has 0 fully saturated rings. The van der Waals surface area contributed by atoms with Crippen molar-refractivity contribution in [3.8, 4) is 0 Å². The first-order valence-electron chi connectivity index (χ1n) is 5.92. The van der Waals surface area contributed by atoms with Gasteiger partial charge in [-0.05, 0) is 32.9 Å². The lowest BCUT2D eigenvalue weighted by atomic mass is 10.0. The summed E-state index contributed by atoms with van der Waals surface area (Å²) in [5.41, 5.74) is 2.15. The Morgan fingerprint density at radius 1 is 1.38 bits per heavy atom. The molecule has 2 heteroatoms. The molecular weight excluding hydrogens is 198 g/mol. The average Bonchev–Trinajstić information content (AvgIpc) is 2.56. The predicted molar refractivity (Wildman–Crippen MR) is 65.7 cm³/mol. The van der Waals surface area contributed by atoms with Crippen LogP contribution in [0.2, 0.25) is 0 Å². The summed E-state index contributed by atoms with van der Waals surface area (Å²) in [7, 11) is 2.08. The third kappa shape index (κ3) is 2.03. The number of fused-ring (bicyclic) bond motifs is 1. The zero-order chi connectivity index (χ0) is 11.7. The van der Waals surface area contributed by atoms with Gasteiger partial charge in [0, 0.05) is 24.1 Å². The summed E-state index contributed by atoms with van der Waals surface area (Å²) >= 11 is 0. The quantitative estimate of drug-likeness (QED) is 0.774. The number of benzene rings is 1. The predicted octanol–water partition coefficient (Wildman–Crippen LogP) is 2.38. The SMILES string of the molecule is CC(C)N(C)C[C@@H]1Cc2ccccc2C1=O. The molecular formula is C14H19NO. The summed E-state index contributed by atoms with van der Waals surface area (Å²) < 4.78 is 0. The molecule has 1 aromatic rings. The van der Waals surface area contributed by atoms with Gasteiger partial charge in [-0.1, -0.05) is 24.3 Å². The van der Waals surface area contributed by atoms with E-state index in [2.05, 4.69) is 31.9 Å². The van der Waals surface area contributed by atoms with Crippen molar-refractivity contribution in [2.45, 2.75) is 26.3 Å². The number of ketones is 1. The molecule has 0 radical (unpaired) electrons. The third-order valence-electron chi connectivity index (χ3n) is 3.51. The zero-order valence-electron chi connectivity index (χ0n) is 10.2. The first-order valence-corrected chi connectivity index (χ1v) is 5.92. The van der Waals surface area contributed by atoms with Crippen molar-refractivity contribution >= 4 is 5.78 Å². The number of carbonyl (C=O) groups is 1. The number of Topliss-reactive ketones (excluding diaryl/α,β-unsaturated/α-hetero) is 1. The molecule has 0 saturated carbocycles. The summed E-state index contributed by atoms with van der Waals surface area (Å²) in [5.74, 6) is 0.480. The van der Waals surface area contributed by atoms with Gasteiger partial charge in [-0.15, -0.1) is 0 Å². The van der Waals surface area contributed by atoms with Crippen LogP contribution in [0.3, 0.4) is 0 Å². The number of carbonyl (C=O) groups excluding carboxylic acids is 1. The van der Waals surface area contributed by atoms with Crippen molar-refractivity contribution in [1.29, 1.82) is 0 Å². The molecule has 0 bridgehead atoms. The Bertz CT molecular complexity index is 397. The van der Waals surface area contributed by atoms with Crippen LogP contribution in [-0.2, 0) is 6.42 Å². The van der Waals surface area contributed by atoms with Crippen molar-refractivity contribution in [2.24, 2.45) is 5.92 Å². The minimum absolute atomic E-state index is 0.157. The highest BCUT2D eigenvalue weighted by atomic mass is 16.1. The van der Waals surface area contributed by atoms with Crippen molar-refractivity contribution in [3.63, 3.8) is 0 Å². The van der Waals surface area contributed by atoms with E-state index in [0.29, 0.717) is 11.8 Å². The topological polar surface area (TPSA) is 20.3 Å². The molecule has 2 nitrogen and oxygen atoms in total. The molecule has 0 amide bonds. The van der Waals surface area contributed by atoms with Gasteiger partial charge >= 0.3 is 0 Å². The monoisotopic (exact) mass is 217 g/mol. The van der Waals surface area contributed by atoms with Crippen LogP contribution in [0, 0.1) is 5.92 Å². The second-order valence-corrected chi connectivity index (χ2v) is 4.96. The van der Waals surface area contributed by atoms with Crippen LogP contribution in [0.1, 0.15) is 29.8 Å². The van der Waals surface area contributed by atoms with E-state index in [0.717, 1.165) is 18.5 Å². The van der Waals surface area contributed by atoms with Crippen molar-refractivity contribution < 1.29 is 4.79 Å². The van der Waals surface area contributed by atoms with Gasteiger partial charge in [0.2, 0.25) is 0 Å². The summed E-state index contributed by atoms with van der Waals surface area (Å²) in [5, 5.41) is 0. The molecule has 0 N–H and O–H groups in total. The van der Waals surface area contributed by atoms with E-state index in [4.69, 9.17) is 0 Å². The Kier molecular flexibility index (Phi) is 3.10. The van der Waals surface area contributed by atoms with Gasteiger partial charge in [0.15, 0.2) is 5.78 Å². The minimum atomic E-state index is 0.157. The van der Waals surface area contributed by atoms with Crippen LogP contribution in [0.25, 0.3) is 0 Å². The van der Waals surface area contributed by atoms with Crippen LogP contribution in [-0.4, -0.2) is 30.3 Å². The molecule has 0 spiro atoms. The molecule has 0 heterocycles. The Hall–Kier alpha value is -1.15. The largest absolute Gasteiger partial charge is 0.303 e. The summed E-state index contributed by atoms with van der Waals surface area (Å²) in [6.07, 6.45) is 0.909. The first-order chi connectivity index (χ1) is 7.59. The molecule has 86 valence electrons. The molecule has 1 aliphatic carbocycles. The lowest BCUT2D eigenvalue weighted by Crippen LogP contribution is -2.33. The Labute approximate surface area is 97.3 Å². The highest BCUT2D eigenvalue weighted by Crippen LogP contribution is 2.27. The first kappa shape index (κ1) is 11.3. The lowest BCUT2D eigenvalue weighted by molar-refractivity contribution is 0.0899. The molecule has 16 heavy (non-hydrogen) atoms. The zero-order valence-corrected chi connectivity index (χ0v) is 10.2. The molecule has 0 aromatic heterocycles. The van der Waals surface area contributed by atoms with Crippen molar-refractivity contribution in [1.82, 2.24) is 4.90 Å². The fourth-order valence-electron chi connectivity index (χ4n) is 2.22. The van der Waals surface area contributed by atoms with Crippen LogP contribution in [0.4, 0.5) is 0 Å². The highest BCUT2D eigenvalue weighted by Gasteiger charge is 2.30. The smallest absolute Gasteiger partial charge is 0.167 e. The standard InChI is InChI=1S/C14H19NO/c1-10(2)15(3)9-12-8-11-6-4-5-7-13(11)14(12)16/h4-7,10,12H,8-9H2,1-3H3/t12-/m0/s1. The van der Waals surface area contributed by atoms with Crippen LogP contribution >= 0.6 is 0 Å². The van der Waals surface area contributed by atoms with E-state index in [1.54, 1.807) is 0 Å². The highest BCUT2D eigenvalue weighted by molar-refractivity contribution is 6.02. The summed E-state index contributed by atoms with van der Waals surface area (Å²) in [4.78, 5) is 14.4. The van der Waals surface area contributed by atoms with Crippen LogP contribution in [0.15, 0.2) is 24.3 Å². The van der Waals surface area contributed by atoms with Gasteiger partial charge in [0.25, 0.3) is 0 Å². The number of rotatable bonds is 3. The van der Waals surface area contributed by atoms with Crippen LogP contribution in [0.5, 0.6) is 0 Å². The van der Waals surface area contributed by atoms with E-state index >= 15 is 0 Å². The number of hydrogen-bond donors (Lipinski definition) is 0. The Balaban J connectivity index is 2.10. The maximum Gasteiger partial charge on any atom is 0.167 e. The van der Waals surface area contributed by atoms with E-state index in [1.807, 2.05) is 18.2 Å². The van der Waals surface area contributed by atoms with E-state index < -0.39 is 0 Å². The number of nitrogens with zero attached hydrogens (tertiary/aromatic N) is 1. The third-order valence-corrected chi connectivity index (χ3v) is 3.51. The lowest BCUT2D eigenvalue weighted by Gasteiger charge is -2.23. The van der Waals surface area contributed by atoms with Gasteiger partial charge in [-0.25, -0.2) is 0 Å². The fraction of sp³-hybridized carbons (Fsp3) is 0.500. The summed E-state index contributed by atoms with van der Waals surface area (Å²) in [6.45, 7) is 5.18. The van der Waals surface area contributed by atoms with Gasteiger partial charge < -0.3 is 4.90 Å². The van der Waals surface area contributed by atoms with E-state index in [9.17, 15) is 4.79 Å². The summed E-state index contributed by atoms with van der Waals surface area (Å²) in [6, 6.07) is 8.48. The second kappa shape index (κ2) is 4.38. The van der Waals surface area contributed by atoms with Gasteiger partial charge in [0.1, 0.15) is 0 Å². The van der Waals surface area contributed by atoms with Crippen molar-refractivity contribution in [2.75, 3.05) is 13.6 Å². The molecule has 0 saturated heterocycles. The average molecular weight is 217 g/mol. The molecule has 1 aromatic carbocycles. The minimum Gasteiger partial charge on any atom is -0.303 e. The fourth-order valence-corrected chi connectivity index (χ4v) is 2.22. The van der Waals surface area contributed by atoms with Gasteiger partial charge in [0.05, 0.1) is 0 Å². The maximum absolute atomic E-state index is 12.1. The Morgan fingerprint density at radius 3 is 2.69 bits per heavy atom. The van der Waals surface area contributed by atoms with E-state index in [1.165, 1.54) is 5.56 Å². The van der Waals surface area contributed by atoms with Gasteiger partial charge in [-0.2, -0.15) is 0 Å². The molecule has 1 aliphatic rings. The molecule has 0 aliphatic heterocycles. The normalized spacial score (nSPS) is 19.6. The van der Waals surface area contributed by atoms with Gasteiger partial charge in [-0.3, -0.25) is 4.79 Å². The second-order valence-electron chi connectivity index (χ2n) is 4.96. The molecule has 1 atom stereocenters. The van der Waals surface area contributed by atoms with Crippen LogP contribution < -0.4 is 0 Å². The van der Waals surface area contributed by atoms with E-state index in [-0.39, 0.29) is 5.92 Å². The Morgan fingerprint density at radius 2 is 2.06 bits per heavy atom. The maximum atomic E-state index is 12.1. The molecule has 0 unspecified atom stereocenters.